The maximum atomic E-state index is 11.0. The van der Waals surface area contributed by atoms with Crippen molar-refractivity contribution in [3.05, 3.63) is 0 Å². The number of unbranched alkanes of at least 4 members (excludes halogenated alkanes) is 7. The summed E-state index contributed by atoms with van der Waals surface area (Å²) in [7, 11) is 0. The van der Waals surface area contributed by atoms with Crippen LogP contribution >= 0.6 is 0 Å². The zero-order valence-electron chi connectivity index (χ0n) is 13.8. The number of hydrogen-bond acceptors (Lipinski definition) is 2. The summed E-state index contributed by atoms with van der Waals surface area (Å²) in [5.41, 5.74) is -0.326. The van der Waals surface area contributed by atoms with Crippen LogP contribution in [0.15, 0.2) is 0 Å². The first-order valence-electron chi connectivity index (χ1n) is 8.09. The van der Waals surface area contributed by atoms with Gasteiger partial charge in [-0.2, -0.15) is 0 Å². The Labute approximate surface area is 120 Å². The highest BCUT2D eigenvalue weighted by Crippen LogP contribution is 2.26. The van der Waals surface area contributed by atoms with Gasteiger partial charge in [0.2, 0.25) is 0 Å². The van der Waals surface area contributed by atoms with Crippen molar-refractivity contribution in [3.63, 3.8) is 0 Å². The summed E-state index contributed by atoms with van der Waals surface area (Å²) in [4.78, 5) is 11.0. The third-order valence-corrected chi connectivity index (χ3v) is 4.08. The van der Waals surface area contributed by atoms with E-state index in [1.165, 1.54) is 58.3 Å². The maximum Gasteiger partial charge on any atom is 0.303 e. The monoisotopic (exact) mass is 270 g/mol. The molecule has 2 nitrogen and oxygen atoms in total. The predicted octanol–water partition coefficient (Wildman–Crippen LogP) is 5.50. The van der Waals surface area contributed by atoms with Gasteiger partial charge in [-0.1, -0.05) is 65.2 Å². The van der Waals surface area contributed by atoms with E-state index in [-0.39, 0.29) is 11.6 Å². The fourth-order valence-electron chi connectivity index (χ4n) is 2.40. The van der Waals surface area contributed by atoms with Gasteiger partial charge in [-0.25, -0.2) is 0 Å². The summed E-state index contributed by atoms with van der Waals surface area (Å²) in [6.07, 6.45) is 11.9. The number of hydrogen-bond donors (Lipinski definition) is 0. The van der Waals surface area contributed by atoms with Gasteiger partial charge in [0.25, 0.3) is 0 Å². The Balaban J connectivity index is 3.57. The summed E-state index contributed by atoms with van der Waals surface area (Å²) >= 11 is 0. The Kier molecular flexibility index (Phi) is 9.99. The van der Waals surface area contributed by atoms with E-state index in [0.717, 1.165) is 6.42 Å². The lowest BCUT2D eigenvalue weighted by atomic mass is 9.87. The molecule has 0 N–H and O–H groups in total. The first-order chi connectivity index (χ1) is 8.90. The Bertz CT molecular complexity index is 233. The molecule has 0 heterocycles. The minimum atomic E-state index is -0.326. The molecule has 1 atom stereocenters. The summed E-state index contributed by atoms with van der Waals surface area (Å²) in [5.74, 6) is 0.254. The summed E-state index contributed by atoms with van der Waals surface area (Å²) in [5, 5.41) is 0. The molecule has 0 aliphatic rings. The molecular formula is C17H34O2. The molecule has 0 aromatic rings. The average molecular weight is 270 g/mol. The zero-order valence-corrected chi connectivity index (χ0v) is 13.8. The van der Waals surface area contributed by atoms with Crippen LogP contribution in [-0.2, 0) is 9.53 Å². The topological polar surface area (TPSA) is 26.3 Å². The van der Waals surface area contributed by atoms with Gasteiger partial charge in [0.05, 0.1) is 0 Å². The van der Waals surface area contributed by atoms with Crippen LogP contribution in [0.1, 0.15) is 92.4 Å². The van der Waals surface area contributed by atoms with Gasteiger partial charge in [0.1, 0.15) is 5.60 Å². The van der Waals surface area contributed by atoms with Crippen molar-refractivity contribution in [3.8, 4) is 0 Å². The van der Waals surface area contributed by atoms with Crippen LogP contribution in [0, 0.1) is 5.92 Å². The molecule has 0 rings (SSSR count). The normalized spacial score (nSPS) is 13.3. The van der Waals surface area contributed by atoms with Gasteiger partial charge in [-0.15, -0.1) is 0 Å². The van der Waals surface area contributed by atoms with Crippen LogP contribution in [0.3, 0.4) is 0 Å². The minimum Gasteiger partial charge on any atom is -0.460 e. The number of carbonyl (C=O) groups is 1. The van der Waals surface area contributed by atoms with Gasteiger partial charge >= 0.3 is 5.97 Å². The fourth-order valence-corrected chi connectivity index (χ4v) is 2.40. The highest BCUT2D eigenvalue weighted by molar-refractivity contribution is 5.66. The quantitative estimate of drug-likeness (QED) is 0.366. The third kappa shape index (κ3) is 9.98. The number of esters is 1. The van der Waals surface area contributed by atoms with Gasteiger partial charge < -0.3 is 4.74 Å². The number of ether oxygens (including phenoxy) is 1. The molecule has 0 radical (unpaired) electrons. The first-order valence-corrected chi connectivity index (χ1v) is 8.09. The lowest BCUT2D eigenvalue weighted by Crippen LogP contribution is -2.34. The molecule has 0 saturated heterocycles. The summed E-state index contributed by atoms with van der Waals surface area (Å²) in [6, 6.07) is 0. The Morgan fingerprint density at radius 1 is 1.00 bits per heavy atom. The molecule has 114 valence electrons. The molecule has 0 saturated carbocycles. The second kappa shape index (κ2) is 10.3. The number of rotatable bonds is 11. The van der Waals surface area contributed by atoms with Gasteiger partial charge in [-0.3, -0.25) is 4.79 Å². The second-order valence-electron chi connectivity index (χ2n) is 6.36. The van der Waals surface area contributed by atoms with Crippen molar-refractivity contribution in [2.24, 2.45) is 5.92 Å². The van der Waals surface area contributed by atoms with E-state index < -0.39 is 0 Å². The number of carbonyl (C=O) groups excluding carboxylic acids is 1. The molecule has 0 aromatic heterocycles. The molecule has 1 unspecified atom stereocenters. The molecule has 0 bridgehead atoms. The molecule has 0 aliphatic heterocycles. The van der Waals surface area contributed by atoms with Crippen molar-refractivity contribution in [1.82, 2.24) is 0 Å². The molecule has 0 aromatic carbocycles. The van der Waals surface area contributed by atoms with E-state index in [1.54, 1.807) is 0 Å². The van der Waals surface area contributed by atoms with Crippen LogP contribution in [0.5, 0.6) is 0 Å². The smallest absolute Gasteiger partial charge is 0.303 e. The lowest BCUT2D eigenvalue weighted by Gasteiger charge is -2.31. The zero-order chi connectivity index (χ0) is 14.7. The summed E-state index contributed by atoms with van der Waals surface area (Å²) in [6.45, 7) is 9.97. The van der Waals surface area contributed by atoms with E-state index >= 15 is 0 Å². The largest absolute Gasteiger partial charge is 0.460 e. The van der Waals surface area contributed by atoms with Gasteiger partial charge in [0.15, 0.2) is 0 Å². The van der Waals surface area contributed by atoms with Gasteiger partial charge in [-0.05, 0) is 26.2 Å². The third-order valence-electron chi connectivity index (χ3n) is 4.08. The molecule has 0 fully saturated rings. The molecule has 0 spiro atoms. The highest BCUT2D eigenvalue weighted by atomic mass is 16.6. The molecule has 0 aliphatic carbocycles. The van der Waals surface area contributed by atoms with Crippen LogP contribution in [0.4, 0.5) is 0 Å². The van der Waals surface area contributed by atoms with Crippen LogP contribution in [-0.4, -0.2) is 11.6 Å². The van der Waals surface area contributed by atoms with Crippen molar-refractivity contribution < 1.29 is 9.53 Å². The SMILES string of the molecule is CCCCCCCCCCC(C)C(C)(C)OC(C)=O. The molecule has 0 amide bonds. The standard InChI is InChI=1S/C17H34O2/c1-6-7-8-9-10-11-12-13-14-15(2)17(4,5)19-16(3)18/h15H,6-14H2,1-5H3. The minimum absolute atomic E-state index is 0.173. The molecule has 2 heteroatoms. The van der Waals surface area contributed by atoms with Crippen molar-refractivity contribution in [2.75, 3.05) is 0 Å². The molecular weight excluding hydrogens is 236 g/mol. The van der Waals surface area contributed by atoms with Crippen molar-refractivity contribution in [2.45, 2.75) is 98.0 Å². The Hall–Kier alpha value is -0.530. The van der Waals surface area contributed by atoms with Crippen molar-refractivity contribution in [1.29, 1.82) is 0 Å². The van der Waals surface area contributed by atoms with E-state index in [2.05, 4.69) is 13.8 Å². The first kappa shape index (κ1) is 18.5. The van der Waals surface area contributed by atoms with Crippen LogP contribution in [0.2, 0.25) is 0 Å². The fraction of sp³-hybridized carbons (Fsp3) is 0.941. The van der Waals surface area contributed by atoms with Crippen molar-refractivity contribution >= 4 is 5.97 Å². The Morgan fingerprint density at radius 2 is 1.47 bits per heavy atom. The van der Waals surface area contributed by atoms with E-state index in [0.29, 0.717) is 5.92 Å². The van der Waals surface area contributed by atoms with Crippen LogP contribution in [0.25, 0.3) is 0 Å². The maximum absolute atomic E-state index is 11.0. The molecule has 19 heavy (non-hydrogen) atoms. The van der Waals surface area contributed by atoms with E-state index in [1.807, 2.05) is 13.8 Å². The van der Waals surface area contributed by atoms with E-state index in [4.69, 9.17) is 4.74 Å². The lowest BCUT2D eigenvalue weighted by molar-refractivity contribution is -0.158. The second-order valence-corrected chi connectivity index (χ2v) is 6.36. The average Bonchev–Trinajstić information content (AvgIpc) is 2.30. The predicted molar refractivity (Wildman–Crippen MR) is 82.2 cm³/mol. The highest BCUT2D eigenvalue weighted by Gasteiger charge is 2.28. The van der Waals surface area contributed by atoms with Gasteiger partial charge in [0, 0.05) is 6.92 Å². The Morgan fingerprint density at radius 3 is 1.95 bits per heavy atom. The van der Waals surface area contributed by atoms with E-state index in [9.17, 15) is 4.79 Å². The summed E-state index contributed by atoms with van der Waals surface area (Å²) < 4.78 is 5.38. The van der Waals surface area contributed by atoms with Crippen LogP contribution < -0.4 is 0 Å².